The molecule has 2 aromatic rings. The molecule has 0 radical (unpaired) electrons. The Morgan fingerprint density at radius 1 is 1.17 bits per heavy atom. The second-order valence-electron chi connectivity index (χ2n) is 5.58. The molecule has 0 saturated heterocycles. The standard InChI is InChI=1S/C17H19BrN2O3S/c1-12-8-9-14(11-16(12)24(22,23)20(2)3)19-17(21)10-13-6-4-5-7-15(13)18/h4-9,11H,10H2,1-3H3,(H,19,21). The number of hydrogen-bond acceptors (Lipinski definition) is 3. The number of amides is 1. The summed E-state index contributed by atoms with van der Waals surface area (Å²) < 4.78 is 26.7. The number of aryl methyl sites for hydroxylation is 1. The van der Waals surface area contributed by atoms with E-state index in [-0.39, 0.29) is 17.2 Å². The van der Waals surface area contributed by atoms with Crippen LogP contribution < -0.4 is 5.32 Å². The molecule has 0 aliphatic rings. The molecule has 2 aromatic carbocycles. The molecule has 0 unspecified atom stereocenters. The number of nitrogens with one attached hydrogen (secondary N) is 1. The monoisotopic (exact) mass is 410 g/mol. The quantitative estimate of drug-likeness (QED) is 0.822. The first-order valence-electron chi connectivity index (χ1n) is 7.28. The van der Waals surface area contributed by atoms with Gasteiger partial charge in [0.2, 0.25) is 15.9 Å². The van der Waals surface area contributed by atoms with Crippen molar-refractivity contribution >= 4 is 37.5 Å². The molecule has 1 amide bonds. The molecule has 128 valence electrons. The molecule has 0 aliphatic carbocycles. The normalized spacial score (nSPS) is 11.5. The molecule has 0 fully saturated rings. The van der Waals surface area contributed by atoms with E-state index in [9.17, 15) is 13.2 Å². The second-order valence-corrected chi connectivity index (χ2v) is 8.56. The summed E-state index contributed by atoms with van der Waals surface area (Å²) in [6.45, 7) is 1.73. The van der Waals surface area contributed by atoms with Gasteiger partial charge in [0, 0.05) is 24.3 Å². The van der Waals surface area contributed by atoms with Crippen LogP contribution in [0.5, 0.6) is 0 Å². The predicted octanol–water partition coefficient (Wildman–Crippen LogP) is 3.19. The smallest absolute Gasteiger partial charge is 0.242 e. The number of sulfonamides is 1. The summed E-state index contributed by atoms with van der Waals surface area (Å²) in [5.41, 5.74) is 1.95. The van der Waals surface area contributed by atoms with Crippen molar-refractivity contribution in [3.05, 3.63) is 58.1 Å². The van der Waals surface area contributed by atoms with E-state index >= 15 is 0 Å². The molecule has 0 aromatic heterocycles. The zero-order valence-electron chi connectivity index (χ0n) is 13.7. The van der Waals surface area contributed by atoms with Crippen LogP contribution in [0.3, 0.4) is 0 Å². The Morgan fingerprint density at radius 2 is 1.83 bits per heavy atom. The SMILES string of the molecule is Cc1ccc(NC(=O)Cc2ccccc2Br)cc1S(=O)(=O)N(C)C. The van der Waals surface area contributed by atoms with Gasteiger partial charge < -0.3 is 5.32 Å². The van der Waals surface area contributed by atoms with Gasteiger partial charge in [-0.25, -0.2) is 12.7 Å². The van der Waals surface area contributed by atoms with E-state index in [1.807, 2.05) is 24.3 Å². The van der Waals surface area contributed by atoms with Crippen molar-refractivity contribution in [1.29, 1.82) is 0 Å². The van der Waals surface area contributed by atoms with Crippen LogP contribution in [0.15, 0.2) is 51.8 Å². The zero-order valence-corrected chi connectivity index (χ0v) is 16.1. The van der Waals surface area contributed by atoms with Gasteiger partial charge in [0.25, 0.3) is 0 Å². The minimum absolute atomic E-state index is 0.186. The number of anilines is 1. The Morgan fingerprint density at radius 3 is 2.46 bits per heavy atom. The molecule has 0 spiro atoms. The third-order valence-corrected chi connectivity index (χ3v) is 6.27. The number of halogens is 1. The third kappa shape index (κ3) is 4.23. The van der Waals surface area contributed by atoms with Gasteiger partial charge in [0.05, 0.1) is 11.3 Å². The van der Waals surface area contributed by atoms with Crippen molar-refractivity contribution in [2.24, 2.45) is 0 Å². The van der Waals surface area contributed by atoms with Crippen molar-refractivity contribution in [2.45, 2.75) is 18.2 Å². The highest BCUT2D eigenvalue weighted by atomic mass is 79.9. The second kappa shape index (κ2) is 7.46. The van der Waals surface area contributed by atoms with Crippen LogP contribution in [-0.2, 0) is 21.2 Å². The molecular weight excluding hydrogens is 392 g/mol. The predicted molar refractivity (Wildman–Crippen MR) is 98.5 cm³/mol. The summed E-state index contributed by atoms with van der Waals surface area (Å²) in [5.74, 6) is -0.209. The Kier molecular flexibility index (Phi) is 5.79. The number of nitrogens with zero attached hydrogens (tertiary/aromatic N) is 1. The van der Waals surface area contributed by atoms with Gasteiger partial charge in [-0.2, -0.15) is 0 Å². The van der Waals surface area contributed by atoms with Crippen molar-refractivity contribution < 1.29 is 13.2 Å². The van der Waals surface area contributed by atoms with Gasteiger partial charge in [-0.3, -0.25) is 4.79 Å². The molecule has 1 N–H and O–H groups in total. The number of carbonyl (C=O) groups excluding carboxylic acids is 1. The highest BCUT2D eigenvalue weighted by Gasteiger charge is 2.20. The van der Waals surface area contributed by atoms with Crippen molar-refractivity contribution in [2.75, 3.05) is 19.4 Å². The van der Waals surface area contributed by atoms with Crippen molar-refractivity contribution in [1.82, 2.24) is 4.31 Å². The number of rotatable bonds is 5. The van der Waals surface area contributed by atoms with E-state index in [1.165, 1.54) is 20.2 Å². The topological polar surface area (TPSA) is 66.5 Å². The van der Waals surface area contributed by atoms with Crippen molar-refractivity contribution in [3.8, 4) is 0 Å². The maximum Gasteiger partial charge on any atom is 0.242 e. The molecule has 0 bridgehead atoms. The lowest BCUT2D eigenvalue weighted by molar-refractivity contribution is -0.115. The van der Waals surface area contributed by atoms with E-state index < -0.39 is 10.0 Å². The summed E-state index contributed by atoms with van der Waals surface area (Å²) in [7, 11) is -0.599. The first-order chi connectivity index (χ1) is 11.2. The van der Waals surface area contributed by atoms with E-state index in [2.05, 4.69) is 21.2 Å². The van der Waals surface area contributed by atoms with E-state index in [0.29, 0.717) is 11.3 Å². The summed E-state index contributed by atoms with van der Waals surface area (Å²) in [4.78, 5) is 12.4. The molecular formula is C17H19BrN2O3S. The third-order valence-electron chi connectivity index (χ3n) is 3.54. The van der Waals surface area contributed by atoms with Gasteiger partial charge in [-0.05, 0) is 36.2 Å². The molecule has 0 aliphatic heterocycles. The average Bonchev–Trinajstić information content (AvgIpc) is 2.51. The van der Waals surface area contributed by atoms with Crippen LogP contribution in [0.1, 0.15) is 11.1 Å². The fourth-order valence-corrected chi connectivity index (χ4v) is 3.74. The lowest BCUT2D eigenvalue weighted by atomic mass is 10.1. The van der Waals surface area contributed by atoms with Crippen LogP contribution in [0.4, 0.5) is 5.69 Å². The average molecular weight is 411 g/mol. The number of hydrogen-bond donors (Lipinski definition) is 1. The minimum atomic E-state index is -3.56. The zero-order chi connectivity index (χ0) is 17.9. The summed E-state index contributed by atoms with van der Waals surface area (Å²) >= 11 is 3.41. The van der Waals surface area contributed by atoms with Crippen molar-refractivity contribution in [3.63, 3.8) is 0 Å². The van der Waals surface area contributed by atoms with Crippen LogP contribution in [-0.4, -0.2) is 32.7 Å². The Balaban J connectivity index is 2.22. The van der Waals surface area contributed by atoms with Gasteiger partial charge in [-0.15, -0.1) is 0 Å². The highest BCUT2D eigenvalue weighted by molar-refractivity contribution is 9.10. The lowest BCUT2D eigenvalue weighted by Crippen LogP contribution is -2.23. The molecule has 0 heterocycles. The summed E-state index contributed by atoms with van der Waals surface area (Å²) in [5, 5.41) is 2.75. The molecule has 24 heavy (non-hydrogen) atoms. The van der Waals surface area contributed by atoms with Crippen LogP contribution in [0.2, 0.25) is 0 Å². The fraction of sp³-hybridized carbons (Fsp3) is 0.235. The first kappa shape index (κ1) is 18.6. The van der Waals surface area contributed by atoms with Gasteiger partial charge in [0.1, 0.15) is 0 Å². The Bertz CT molecular complexity index is 864. The summed E-state index contributed by atoms with van der Waals surface area (Å²) in [6.07, 6.45) is 0.199. The van der Waals surface area contributed by atoms with E-state index in [1.54, 1.807) is 19.1 Å². The molecule has 0 saturated carbocycles. The first-order valence-corrected chi connectivity index (χ1v) is 9.51. The molecule has 7 heteroatoms. The Hall–Kier alpha value is -1.70. The largest absolute Gasteiger partial charge is 0.326 e. The van der Waals surface area contributed by atoms with Crippen LogP contribution in [0.25, 0.3) is 0 Å². The lowest BCUT2D eigenvalue weighted by Gasteiger charge is -2.15. The van der Waals surface area contributed by atoms with Gasteiger partial charge >= 0.3 is 0 Å². The fourth-order valence-electron chi connectivity index (χ4n) is 2.17. The maximum absolute atomic E-state index is 12.3. The van der Waals surface area contributed by atoms with Gasteiger partial charge in [0.15, 0.2) is 0 Å². The number of carbonyl (C=O) groups is 1. The van der Waals surface area contributed by atoms with E-state index in [4.69, 9.17) is 0 Å². The highest BCUT2D eigenvalue weighted by Crippen LogP contribution is 2.23. The van der Waals surface area contributed by atoms with Gasteiger partial charge in [-0.1, -0.05) is 40.2 Å². The van der Waals surface area contributed by atoms with Crippen LogP contribution in [0, 0.1) is 6.92 Å². The number of benzene rings is 2. The minimum Gasteiger partial charge on any atom is -0.326 e. The van der Waals surface area contributed by atoms with E-state index in [0.717, 1.165) is 14.3 Å². The maximum atomic E-state index is 12.3. The van der Waals surface area contributed by atoms with Crippen LogP contribution >= 0.6 is 15.9 Å². The molecule has 0 atom stereocenters. The molecule has 5 nitrogen and oxygen atoms in total. The summed E-state index contributed by atoms with van der Waals surface area (Å²) in [6, 6.07) is 12.3. The molecule has 2 rings (SSSR count). The Labute approximate surface area is 150 Å².